The molecule has 0 bridgehead atoms. The molecule has 2 fully saturated rings. The maximum Gasteiger partial charge on any atom is 0.558 e. The Morgan fingerprint density at radius 2 is 1.31 bits per heavy atom. The quantitative estimate of drug-likeness (QED) is 0.618. The van der Waals surface area contributed by atoms with Crippen molar-refractivity contribution in [1.82, 2.24) is 9.71 Å². The molecule has 0 aliphatic carbocycles. The lowest BCUT2D eigenvalue weighted by molar-refractivity contribution is 0.00578. The lowest BCUT2D eigenvalue weighted by Gasteiger charge is -2.33. The van der Waals surface area contributed by atoms with Crippen LogP contribution in [0.25, 0.3) is 0 Å². The zero-order valence-electron chi connectivity index (χ0n) is 11.1. The summed E-state index contributed by atoms with van der Waals surface area (Å²) >= 11 is 0. The van der Waals surface area contributed by atoms with E-state index in [0.717, 1.165) is 26.2 Å². The van der Waals surface area contributed by atoms with Crippen LogP contribution in [0.1, 0.15) is 27.7 Å². The fraction of sp³-hybridized carbons (Fsp3) is 1.00. The SMILES string of the molecule is CN1CCN(B2OC(C)(C)C(C)(C)O2)CC1. The zero-order chi connectivity index (χ0) is 12.0. The lowest BCUT2D eigenvalue weighted by atomic mass is 9.90. The first-order valence-corrected chi connectivity index (χ1v) is 6.10. The van der Waals surface area contributed by atoms with E-state index in [4.69, 9.17) is 9.31 Å². The van der Waals surface area contributed by atoms with E-state index in [-0.39, 0.29) is 18.5 Å². The van der Waals surface area contributed by atoms with Gasteiger partial charge in [0.15, 0.2) is 0 Å². The Bertz CT molecular complexity index is 247. The predicted octanol–water partition coefficient (Wildman–Crippen LogP) is 0.823. The number of piperazine rings is 1. The van der Waals surface area contributed by atoms with Gasteiger partial charge in [0.25, 0.3) is 0 Å². The largest absolute Gasteiger partial charge is 0.558 e. The topological polar surface area (TPSA) is 24.9 Å². The highest BCUT2D eigenvalue weighted by molar-refractivity contribution is 6.42. The molecular weight excluding hydrogens is 203 g/mol. The van der Waals surface area contributed by atoms with Crippen LogP contribution in [0.3, 0.4) is 0 Å². The summed E-state index contributed by atoms with van der Waals surface area (Å²) in [5.41, 5.74) is -0.442. The Labute approximate surface area is 99.0 Å². The maximum absolute atomic E-state index is 6.02. The Balaban J connectivity index is 1.98. The fourth-order valence-corrected chi connectivity index (χ4v) is 1.99. The lowest BCUT2D eigenvalue weighted by Crippen LogP contribution is -2.52. The van der Waals surface area contributed by atoms with E-state index in [1.165, 1.54) is 0 Å². The van der Waals surface area contributed by atoms with E-state index in [9.17, 15) is 0 Å². The molecule has 0 unspecified atom stereocenters. The molecule has 0 amide bonds. The highest BCUT2D eigenvalue weighted by atomic mass is 16.7. The molecule has 5 heteroatoms. The molecule has 2 aliphatic rings. The number of rotatable bonds is 1. The summed E-state index contributed by atoms with van der Waals surface area (Å²) < 4.78 is 12.0. The van der Waals surface area contributed by atoms with E-state index in [1.807, 2.05) is 0 Å². The second-order valence-corrected chi connectivity index (χ2v) is 5.90. The molecule has 0 atom stereocenters. The third-order valence-corrected chi connectivity index (χ3v) is 4.08. The Hall–Kier alpha value is -0.0951. The van der Waals surface area contributed by atoms with E-state index in [1.54, 1.807) is 0 Å². The second-order valence-electron chi connectivity index (χ2n) is 5.90. The van der Waals surface area contributed by atoms with Crippen LogP contribution >= 0.6 is 0 Å². The summed E-state index contributed by atoms with van der Waals surface area (Å²) in [7, 11) is 1.99. The Morgan fingerprint density at radius 3 is 1.75 bits per heavy atom. The summed E-state index contributed by atoms with van der Waals surface area (Å²) in [6, 6.07) is 0. The molecule has 0 radical (unpaired) electrons. The van der Waals surface area contributed by atoms with Gasteiger partial charge < -0.3 is 14.2 Å². The summed E-state index contributed by atoms with van der Waals surface area (Å²) in [5, 5.41) is 0. The van der Waals surface area contributed by atoms with Crippen molar-refractivity contribution in [3.8, 4) is 0 Å². The van der Waals surface area contributed by atoms with Crippen molar-refractivity contribution >= 4 is 7.25 Å². The fourth-order valence-electron chi connectivity index (χ4n) is 1.99. The first kappa shape index (κ1) is 12.4. The Morgan fingerprint density at radius 1 is 0.875 bits per heavy atom. The van der Waals surface area contributed by atoms with Gasteiger partial charge in [-0.15, -0.1) is 0 Å². The van der Waals surface area contributed by atoms with Gasteiger partial charge in [-0.2, -0.15) is 0 Å². The summed E-state index contributed by atoms with van der Waals surface area (Å²) in [6.07, 6.45) is 0. The molecule has 4 nitrogen and oxygen atoms in total. The highest BCUT2D eigenvalue weighted by Crippen LogP contribution is 2.37. The first-order chi connectivity index (χ1) is 7.32. The van der Waals surface area contributed by atoms with Gasteiger partial charge in [0, 0.05) is 26.2 Å². The molecule has 0 aromatic carbocycles. The van der Waals surface area contributed by atoms with E-state index < -0.39 is 0 Å². The molecule has 2 aliphatic heterocycles. The molecule has 0 spiro atoms. The molecule has 0 aromatic rings. The van der Waals surface area contributed by atoms with Crippen molar-refractivity contribution in [2.24, 2.45) is 0 Å². The normalized spacial score (nSPS) is 30.9. The maximum atomic E-state index is 6.02. The van der Waals surface area contributed by atoms with Crippen molar-refractivity contribution in [3.63, 3.8) is 0 Å². The molecule has 0 aromatic heterocycles. The summed E-state index contributed by atoms with van der Waals surface area (Å²) in [5.74, 6) is 0. The van der Waals surface area contributed by atoms with Gasteiger partial charge in [-0.05, 0) is 34.7 Å². The van der Waals surface area contributed by atoms with Crippen molar-refractivity contribution in [2.45, 2.75) is 38.9 Å². The van der Waals surface area contributed by atoms with Gasteiger partial charge in [-0.3, -0.25) is 4.81 Å². The van der Waals surface area contributed by atoms with Crippen molar-refractivity contribution in [1.29, 1.82) is 0 Å². The second kappa shape index (κ2) is 3.98. The van der Waals surface area contributed by atoms with Gasteiger partial charge in [0.05, 0.1) is 11.2 Å². The third-order valence-electron chi connectivity index (χ3n) is 4.08. The van der Waals surface area contributed by atoms with Crippen LogP contribution in [0.2, 0.25) is 0 Å². The minimum Gasteiger partial charge on any atom is -0.389 e. The number of likely N-dealkylation sites (N-methyl/N-ethyl adjacent to an activating group) is 1. The average molecular weight is 226 g/mol. The van der Waals surface area contributed by atoms with Crippen LogP contribution in [-0.2, 0) is 9.31 Å². The molecule has 0 saturated carbocycles. The van der Waals surface area contributed by atoms with Crippen molar-refractivity contribution in [3.05, 3.63) is 0 Å². The minimum absolute atomic E-state index is 0.168. The van der Waals surface area contributed by atoms with Crippen LogP contribution in [0.5, 0.6) is 0 Å². The minimum atomic E-state index is -0.221. The predicted molar refractivity (Wildman–Crippen MR) is 65.2 cm³/mol. The van der Waals surface area contributed by atoms with Gasteiger partial charge in [-0.25, -0.2) is 0 Å². The van der Waals surface area contributed by atoms with Crippen molar-refractivity contribution < 1.29 is 9.31 Å². The van der Waals surface area contributed by atoms with Gasteiger partial charge in [-0.1, -0.05) is 0 Å². The Kier molecular flexibility index (Phi) is 3.08. The molecule has 2 rings (SSSR count). The molecular formula is C11H23BN2O2. The molecule has 16 heavy (non-hydrogen) atoms. The standard InChI is InChI=1S/C11H23BN2O2/c1-10(2)11(3,4)16-12(15-10)14-8-6-13(5)7-9-14/h6-9H2,1-5H3. The first-order valence-electron chi connectivity index (χ1n) is 6.10. The van der Waals surface area contributed by atoms with E-state index in [2.05, 4.69) is 44.5 Å². The van der Waals surface area contributed by atoms with Gasteiger partial charge in [0.2, 0.25) is 0 Å². The van der Waals surface area contributed by atoms with Gasteiger partial charge >= 0.3 is 7.25 Å². The number of hydrogen-bond acceptors (Lipinski definition) is 4. The summed E-state index contributed by atoms with van der Waals surface area (Å²) in [6.45, 7) is 12.6. The van der Waals surface area contributed by atoms with Crippen LogP contribution < -0.4 is 0 Å². The molecule has 92 valence electrons. The van der Waals surface area contributed by atoms with Crippen LogP contribution in [-0.4, -0.2) is 61.4 Å². The smallest absolute Gasteiger partial charge is 0.389 e. The third kappa shape index (κ3) is 2.14. The van der Waals surface area contributed by atoms with E-state index in [0.29, 0.717) is 0 Å². The molecule has 2 saturated heterocycles. The molecule has 0 N–H and O–H groups in total. The van der Waals surface area contributed by atoms with Crippen LogP contribution in [0.4, 0.5) is 0 Å². The molecule has 2 heterocycles. The number of hydrogen-bond donors (Lipinski definition) is 0. The average Bonchev–Trinajstić information content (AvgIpc) is 2.37. The van der Waals surface area contributed by atoms with Crippen LogP contribution in [0.15, 0.2) is 0 Å². The zero-order valence-corrected chi connectivity index (χ0v) is 11.1. The van der Waals surface area contributed by atoms with Crippen LogP contribution in [0, 0.1) is 0 Å². The number of nitrogens with zero attached hydrogens (tertiary/aromatic N) is 2. The monoisotopic (exact) mass is 226 g/mol. The van der Waals surface area contributed by atoms with Gasteiger partial charge in [0.1, 0.15) is 0 Å². The summed E-state index contributed by atoms with van der Waals surface area (Å²) in [4.78, 5) is 4.62. The highest BCUT2D eigenvalue weighted by Gasteiger charge is 2.53. The van der Waals surface area contributed by atoms with E-state index >= 15 is 0 Å². The van der Waals surface area contributed by atoms with Crippen molar-refractivity contribution in [2.75, 3.05) is 33.2 Å².